The van der Waals surface area contributed by atoms with Crippen LogP contribution in [0.5, 0.6) is 0 Å². The third kappa shape index (κ3) is 4.40. The van der Waals surface area contributed by atoms with Gasteiger partial charge in [0, 0.05) is 11.9 Å². The van der Waals surface area contributed by atoms with Crippen LogP contribution in [0.2, 0.25) is 0 Å². The molecule has 2 heterocycles. The Bertz CT molecular complexity index is 1020. The summed E-state index contributed by atoms with van der Waals surface area (Å²) < 4.78 is 18.9. The minimum absolute atomic E-state index is 0.294. The van der Waals surface area contributed by atoms with E-state index in [9.17, 15) is 14.0 Å². The standard InChI is InChI=1S/C20H18FN3O3S/c1-11-7-8-14(10-15(11)21)24-18(25)13(3)27-20(26)17-12(2)23-19(28-17)16-6-4-5-9-22-16/h4-10,13H,1-3H3,(H,24,25). The van der Waals surface area contributed by atoms with E-state index in [1.54, 1.807) is 44.3 Å². The molecule has 1 unspecified atom stereocenters. The van der Waals surface area contributed by atoms with Crippen LogP contribution >= 0.6 is 11.3 Å². The Morgan fingerprint density at radius 1 is 1.21 bits per heavy atom. The highest BCUT2D eigenvalue weighted by molar-refractivity contribution is 7.17. The van der Waals surface area contributed by atoms with Crippen LogP contribution in [0, 0.1) is 19.7 Å². The van der Waals surface area contributed by atoms with Gasteiger partial charge in [0.1, 0.15) is 15.7 Å². The number of rotatable bonds is 5. The highest BCUT2D eigenvalue weighted by Crippen LogP contribution is 2.27. The number of benzene rings is 1. The van der Waals surface area contributed by atoms with Crippen LogP contribution in [0.25, 0.3) is 10.7 Å². The number of aryl methyl sites for hydroxylation is 2. The monoisotopic (exact) mass is 399 g/mol. The van der Waals surface area contributed by atoms with E-state index >= 15 is 0 Å². The fourth-order valence-electron chi connectivity index (χ4n) is 2.37. The normalized spacial score (nSPS) is 11.7. The van der Waals surface area contributed by atoms with E-state index in [-0.39, 0.29) is 0 Å². The van der Waals surface area contributed by atoms with Crippen LogP contribution in [0.1, 0.15) is 27.9 Å². The summed E-state index contributed by atoms with van der Waals surface area (Å²) in [5.74, 6) is -1.62. The first kappa shape index (κ1) is 19.6. The number of halogens is 1. The van der Waals surface area contributed by atoms with Crippen molar-refractivity contribution in [2.75, 3.05) is 5.32 Å². The zero-order valence-corrected chi connectivity index (χ0v) is 16.3. The maximum absolute atomic E-state index is 13.6. The summed E-state index contributed by atoms with van der Waals surface area (Å²) in [6, 6.07) is 9.77. The Morgan fingerprint density at radius 2 is 2.00 bits per heavy atom. The van der Waals surface area contributed by atoms with Gasteiger partial charge >= 0.3 is 5.97 Å². The molecule has 1 amide bonds. The fourth-order valence-corrected chi connectivity index (χ4v) is 3.29. The molecule has 1 aromatic carbocycles. The molecule has 0 bridgehead atoms. The largest absolute Gasteiger partial charge is 0.448 e. The van der Waals surface area contributed by atoms with Crippen LogP contribution < -0.4 is 5.32 Å². The number of hydrogen-bond donors (Lipinski definition) is 1. The number of pyridine rings is 1. The summed E-state index contributed by atoms with van der Waals surface area (Å²) in [5, 5.41) is 3.13. The Balaban J connectivity index is 1.67. The van der Waals surface area contributed by atoms with Crippen LogP contribution in [0.3, 0.4) is 0 Å². The van der Waals surface area contributed by atoms with Crippen molar-refractivity contribution < 1.29 is 18.7 Å². The molecule has 1 atom stereocenters. The van der Waals surface area contributed by atoms with E-state index in [0.29, 0.717) is 32.5 Å². The number of hydrogen-bond acceptors (Lipinski definition) is 6. The molecule has 8 heteroatoms. The van der Waals surface area contributed by atoms with Gasteiger partial charge in [0.05, 0.1) is 11.4 Å². The van der Waals surface area contributed by atoms with Crippen molar-refractivity contribution in [3.05, 3.63) is 64.5 Å². The average molecular weight is 399 g/mol. The molecule has 0 saturated carbocycles. The number of thiazole rings is 1. The summed E-state index contributed by atoms with van der Waals surface area (Å²) in [7, 11) is 0. The Kier molecular flexibility index (Phi) is 5.79. The van der Waals surface area contributed by atoms with Crippen molar-refractivity contribution >= 4 is 28.9 Å². The lowest BCUT2D eigenvalue weighted by Gasteiger charge is -2.13. The molecule has 0 aliphatic rings. The minimum Gasteiger partial charge on any atom is -0.448 e. The molecule has 0 spiro atoms. The molecule has 28 heavy (non-hydrogen) atoms. The van der Waals surface area contributed by atoms with Crippen molar-refractivity contribution in [3.8, 4) is 10.7 Å². The molecule has 0 aliphatic carbocycles. The van der Waals surface area contributed by atoms with Crippen molar-refractivity contribution in [1.29, 1.82) is 0 Å². The first-order valence-electron chi connectivity index (χ1n) is 8.52. The molecule has 0 fully saturated rings. The molecule has 3 rings (SSSR count). The van der Waals surface area contributed by atoms with E-state index in [1.165, 1.54) is 13.0 Å². The van der Waals surface area contributed by atoms with Gasteiger partial charge in [0.2, 0.25) is 0 Å². The number of amides is 1. The Hall–Kier alpha value is -3.13. The quantitative estimate of drug-likeness (QED) is 0.652. The van der Waals surface area contributed by atoms with Gasteiger partial charge in [-0.15, -0.1) is 11.3 Å². The third-order valence-electron chi connectivity index (χ3n) is 3.96. The number of carbonyl (C=O) groups excluding carboxylic acids is 2. The van der Waals surface area contributed by atoms with Crippen molar-refractivity contribution in [2.45, 2.75) is 26.9 Å². The SMILES string of the molecule is Cc1ccc(NC(=O)C(C)OC(=O)c2sc(-c3ccccn3)nc2C)cc1F. The molecule has 0 aliphatic heterocycles. The highest BCUT2D eigenvalue weighted by atomic mass is 32.1. The maximum Gasteiger partial charge on any atom is 0.351 e. The Morgan fingerprint density at radius 3 is 2.68 bits per heavy atom. The molecule has 0 radical (unpaired) electrons. The van der Waals surface area contributed by atoms with Gasteiger partial charge < -0.3 is 10.1 Å². The predicted octanol–water partition coefficient (Wildman–Crippen LogP) is 4.15. The van der Waals surface area contributed by atoms with E-state index < -0.39 is 23.8 Å². The van der Waals surface area contributed by atoms with Crippen molar-refractivity contribution in [1.82, 2.24) is 9.97 Å². The number of esters is 1. The first-order valence-corrected chi connectivity index (χ1v) is 9.33. The Labute approximate surface area is 165 Å². The first-order chi connectivity index (χ1) is 13.3. The number of nitrogens with one attached hydrogen (secondary N) is 1. The minimum atomic E-state index is -1.06. The van der Waals surface area contributed by atoms with Crippen LogP contribution in [-0.4, -0.2) is 27.9 Å². The fraction of sp³-hybridized carbons (Fsp3) is 0.200. The molecule has 1 N–H and O–H groups in total. The summed E-state index contributed by atoms with van der Waals surface area (Å²) in [6.45, 7) is 4.77. The predicted molar refractivity (Wildman–Crippen MR) is 105 cm³/mol. The number of carbonyl (C=O) groups is 2. The second-order valence-electron chi connectivity index (χ2n) is 6.15. The summed E-state index contributed by atoms with van der Waals surface area (Å²) >= 11 is 1.15. The number of anilines is 1. The lowest BCUT2D eigenvalue weighted by molar-refractivity contribution is -0.123. The zero-order valence-electron chi connectivity index (χ0n) is 15.5. The molecular weight excluding hydrogens is 381 g/mol. The zero-order chi connectivity index (χ0) is 20.3. The van der Waals surface area contributed by atoms with Crippen molar-refractivity contribution in [2.24, 2.45) is 0 Å². The van der Waals surface area contributed by atoms with Gasteiger partial charge in [-0.05, 0) is 50.6 Å². The van der Waals surface area contributed by atoms with Crippen LogP contribution in [0.15, 0.2) is 42.6 Å². The highest BCUT2D eigenvalue weighted by Gasteiger charge is 2.23. The van der Waals surface area contributed by atoms with E-state index in [1.807, 2.05) is 6.07 Å². The summed E-state index contributed by atoms with van der Waals surface area (Å²) in [5.41, 5.74) is 1.93. The van der Waals surface area contributed by atoms with Crippen molar-refractivity contribution in [3.63, 3.8) is 0 Å². The molecule has 6 nitrogen and oxygen atoms in total. The topological polar surface area (TPSA) is 81.2 Å². The van der Waals surface area contributed by atoms with Gasteiger partial charge in [-0.2, -0.15) is 0 Å². The second kappa shape index (κ2) is 8.26. The lowest BCUT2D eigenvalue weighted by Crippen LogP contribution is -2.30. The molecule has 3 aromatic rings. The lowest BCUT2D eigenvalue weighted by atomic mass is 10.2. The number of nitrogens with zero attached hydrogens (tertiary/aromatic N) is 2. The van der Waals surface area contributed by atoms with Gasteiger partial charge in [0.25, 0.3) is 5.91 Å². The molecule has 2 aromatic heterocycles. The summed E-state index contributed by atoms with van der Waals surface area (Å²) in [6.07, 6.45) is 0.585. The van der Waals surface area contributed by atoms with Gasteiger partial charge in [-0.25, -0.2) is 14.2 Å². The van der Waals surface area contributed by atoms with Gasteiger partial charge in [0.15, 0.2) is 6.10 Å². The number of aromatic nitrogens is 2. The molecule has 0 saturated heterocycles. The number of ether oxygens (including phenoxy) is 1. The van der Waals surface area contributed by atoms with Crippen LogP contribution in [0.4, 0.5) is 10.1 Å². The smallest absolute Gasteiger partial charge is 0.351 e. The molecular formula is C20H18FN3O3S. The second-order valence-corrected chi connectivity index (χ2v) is 7.15. The van der Waals surface area contributed by atoms with Crippen LogP contribution in [-0.2, 0) is 9.53 Å². The van der Waals surface area contributed by atoms with E-state index in [4.69, 9.17) is 4.74 Å². The van der Waals surface area contributed by atoms with Gasteiger partial charge in [-0.3, -0.25) is 9.78 Å². The maximum atomic E-state index is 13.6. The summed E-state index contributed by atoms with van der Waals surface area (Å²) in [4.78, 5) is 33.6. The van der Waals surface area contributed by atoms with E-state index in [2.05, 4.69) is 15.3 Å². The van der Waals surface area contributed by atoms with E-state index in [0.717, 1.165) is 11.3 Å². The van der Waals surface area contributed by atoms with Gasteiger partial charge in [-0.1, -0.05) is 12.1 Å². The average Bonchev–Trinajstić information content (AvgIpc) is 3.07. The molecule has 144 valence electrons. The third-order valence-corrected chi connectivity index (χ3v) is 5.12.